The van der Waals surface area contributed by atoms with Gasteiger partial charge in [0, 0.05) is 47.8 Å². The third kappa shape index (κ3) is 5.13. The number of hydrogen-bond donors (Lipinski definition) is 1. The Labute approximate surface area is 169 Å². The molecule has 0 aliphatic carbocycles. The molecule has 1 aromatic carbocycles. The molecule has 1 aromatic rings. The molecule has 2 heterocycles. The molecular weight excluding hydrogens is 389 g/mol. The van der Waals surface area contributed by atoms with Gasteiger partial charge in [-0.15, -0.1) is 0 Å². The van der Waals surface area contributed by atoms with Crippen LogP contribution in [0, 0.1) is 0 Å². The number of amides is 2. The zero-order valence-corrected chi connectivity index (χ0v) is 16.9. The summed E-state index contributed by atoms with van der Waals surface area (Å²) in [5, 5.41) is 3.83. The van der Waals surface area contributed by atoms with E-state index in [0.717, 1.165) is 32.7 Å². The lowest BCUT2D eigenvalue weighted by molar-refractivity contribution is -0.125. The summed E-state index contributed by atoms with van der Waals surface area (Å²) in [6.07, 6.45) is 1.47. The van der Waals surface area contributed by atoms with Gasteiger partial charge in [0.2, 0.25) is 5.91 Å². The Morgan fingerprint density at radius 1 is 1.19 bits per heavy atom. The predicted octanol–water partition coefficient (Wildman–Crippen LogP) is 2.43. The van der Waals surface area contributed by atoms with Crippen molar-refractivity contribution in [2.24, 2.45) is 0 Å². The van der Waals surface area contributed by atoms with Gasteiger partial charge in [-0.25, -0.2) is 0 Å². The van der Waals surface area contributed by atoms with Gasteiger partial charge in [-0.3, -0.25) is 14.5 Å². The summed E-state index contributed by atoms with van der Waals surface area (Å²) in [6, 6.07) is 4.54. The number of carbonyl (C=O) groups excluding carboxylic acids is 2. The molecule has 0 bridgehead atoms. The number of likely N-dealkylation sites (tertiary alicyclic amines) is 1. The number of nitrogens with one attached hydrogen (secondary N) is 1. The first-order chi connectivity index (χ1) is 13.0. The number of ether oxygens (including phenoxy) is 1. The highest BCUT2D eigenvalue weighted by Crippen LogP contribution is 2.24. The van der Waals surface area contributed by atoms with E-state index in [2.05, 4.69) is 17.1 Å². The van der Waals surface area contributed by atoms with E-state index in [0.29, 0.717) is 35.1 Å². The molecule has 0 aromatic heterocycles. The van der Waals surface area contributed by atoms with Crippen LogP contribution in [0.2, 0.25) is 10.0 Å². The highest BCUT2D eigenvalue weighted by atomic mass is 35.5. The van der Waals surface area contributed by atoms with Crippen LogP contribution in [0.3, 0.4) is 0 Å². The Balaban J connectivity index is 1.59. The smallest absolute Gasteiger partial charge is 0.254 e. The molecule has 2 saturated heterocycles. The quantitative estimate of drug-likeness (QED) is 0.804. The molecule has 2 amide bonds. The van der Waals surface area contributed by atoms with Gasteiger partial charge >= 0.3 is 0 Å². The van der Waals surface area contributed by atoms with Gasteiger partial charge in [-0.05, 0) is 38.0 Å². The number of rotatable bonds is 5. The van der Waals surface area contributed by atoms with Crippen LogP contribution in [0.15, 0.2) is 18.2 Å². The van der Waals surface area contributed by atoms with Crippen molar-refractivity contribution in [3.05, 3.63) is 33.8 Å². The molecule has 1 N–H and O–H groups in total. The van der Waals surface area contributed by atoms with E-state index >= 15 is 0 Å². The van der Waals surface area contributed by atoms with Gasteiger partial charge < -0.3 is 15.0 Å². The van der Waals surface area contributed by atoms with Crippen LogP contribution < -0.4 is 5.32 Å². The van der Waals surface area contributed by atoms with Gasteiger partial charge in [0.1, 0.15) is 6.04 Å². The summed E-state index contributed by atoms with van der Waals surface area (Å²) < 4.78 is 5.36. The van der Waals surface area contributed by atoms with E-state index in [9.17, 15) is 9.59 Å². The van der Waals surface area contributed by atoms with Crippen LogP contribution in [0.5, 0.6) is 0 Å². The number of morpholine rings is 1. The maximum absolute atomic E-state index is 12.9. The standard InChI is InChI=1S/C19H25Cl2N3O3/c1-13(23-5-7-27-8-6-23)12-22-18(25)17-3-2-4-24(17)19(26)14-9-15(20)11-16(21)10-14/h9-11,13,17H,2-8,12H2,1H3,(H,22,25). The maximum Gasteiger partial charge on any atom is 0.254 e. The number of carbonyl (C=O) groups is 2. The lowest BCUT2D eigenvalue weighted by atomic mass is 10.1. The monoisotopic (exact) mass is 413 g/mol. The maximum atomic E-state index is 12.9. The summed E-state index contributed by atoms with van der Waals surface area (Å²) in [7, 11) is 0. The van der Waals surface area contributed by atoms with Gasteiger partial charge in [-0.1, -0.05) is 23.2 Å². The second-order valence-electron chi connectivity index (χ2n) is 7.06. The fourth-order valence-corrected chi connectivity index (χ4v) is 4.17. The SMILES string of the molecule is CC(CNC(=O)C1CCCN1C(=O)c1cc(Cl)cc(Cl)c1)N1CCOCC1. The van der Waals surface area contributed by atoms with Gasteiger partial charge in [0.05, 0.1) is 13.2 Å². The third-order valence-corrected chi connectivity index (χ3v) is 5.60. The highest BCUT2D eigenvalue weighted by Gasteiger charge is 2.35. The molecule has 2 atom stereocenters. The Morgan fingerprint density at radius 2 is 1.85 bits per heavy atom. The molecule has 2 aliphatic rings. The van der Waals surface area contributed by atoms with E-state index in [1.807, 2.05) is 0 Å². The molecule has 2 aliphatic heterocycles. The van der Waals surface area contributed by atoms with Crippen LogP contribution in [0.1, 0.15) is 30.1 Å². The molecule has 2 unspecified atom stereocenters. The molecule has 0 radical (unpaired) electrons. The van der Waals surface area contributed by atoms with Crippen LogP contribution >= 0.6 is 23.2 Å². The predicted molar refractivity (Wildman–Crippen MR) is 105 cm³/mol. The normalized spacial score (nSPS) is 21.9. The average Bonchev–Trinajstić information content (AvgIpc) is 3.15. The minimum Gasteiger partial charge on any atom is -0.379 e. The van der Waals surface area contributed by atoms with Crippen LogP contribution in [0.4, 0.5) is 0 Å². The van der Waals surface area contributed by atoms with Crippen LogP contribution in [-0.2, 0) is 9.53 Å². The van der Waals surface area contributed by atoms with Crippen LogP contribution in [0.25, 0.3) is 0 Å². The summed E-state index contributed by atoms with van der Waals surface area (Å²) in [5.41, 5.74) is 0.411. The molecule has 3 rings (SSSR count). The van der Waals surface area contributed by atoms with Crippen molar-refractivity contribution in [3.63, 3.8) is 0 Å². The molecule has 0 saturated carbocycles. The zero-order chi connectivity index (χ0) is 19.4. The van der Waals surface area contributed by atoms with Crippen molar-refractivity contribution in [1.29, 1.82) is 0 Å². The van der Waals surface area contributed by atoms with E-state index in [-0.39, 0.29) is 17.9 Å². The molecule has 8 heteroatoms. The third-order valence-electron chi connectivity index (χ3n) is 5.17. The Hall–Kier alpha value is -1.34. The van der Waals surface area contributed by atoms with E-state index in [4.69, 9.17) is 27.9 Å². The molecule has 148 valence electrons. The first-order valence-electron chi connectivity index (χ1n) is 9.32. The van der Waals surface area contributed by atoms with Crippen molar-refractivity contribution < 1.29 is 14.3 Å². The Morgan fingerprint density at radius 3 is 2.52 bits per heavy atom. The van der Waals surface area contributed by atoms with Gasteiger partial charge in [-0.2, -0.15) is 0 Å². The van der Waals surface area contributed by atoms with Gasteiger partial charge in [0.25, 0.3) is 5.91 Å². The Bertz CT molecular complexity index is 675. The number of hydrogen-bond acceptors (Lipinski definition) is 4. The zero-order valence-electron chi connectivity index (χ0n) is 15.4. The first kappa shape index (κ1) is 20.4. The van der Waals surface area contributed by atoms with Crippen molar-refractivity contribution >= 4 is 35.0 Å². The minimum absolute atomic E-state index is 0.103. The van der Waals surface area contributed by atoms with Crippen molar-refractivity contribution in [1.82, 2.24) is 15.1 Å². The molecule has 2 fully saturated rings. The number of benzene rings is 1. The largest absolute Gasteiger partial charge is 0.379 e. The lowest BCUT2D eigenvalue weighted by Crippen LogP contribution is -2.51. The summed E-state index contributed by atoms with van der Waals surface area (Å²) in [4.78, 5) is 29.5. The van der Waals surface area contributed by atoms with Crippen molar-refractivity contribution in [2.45, 2.75) is 31.8 Å². The lowest BCUT2D eigenvalue weighted by Gasteiger charge is -2.33. The molecule has 0 spiro atoms. The summed E-state index contributed by atoms with van der Waals surface area (Å²) >= 11 is 12.0. The molecule has 27 heavy (non-hydrogen) atoms. The fourth-order valence-electron chi connectivity index (χ4n) is 3.64. The molecule has 6 nitrogen and oxygen atoms in total. The number of halogens is 2. The van der Waals surface area contributed by atoms with Gasteiger partial charge in [0.15, 0.2) is 0 Å². The van der Waals surface area contributed by atoms with E-state index < -0.39 is 6.04 Å². The van der Waals surface area contributed by atoms with Crippen molar-refractivity contribution in [2.75, 3.05) is 39.4 Å². The molecular formula is C19H25Cl2N3O3. The first-order valence-corrected chi connectivity index (χ1v) is 10.1. The highest BCUT2D eigenvalue weighted by molar-refractivity contribution is 6.35. The van der Waals surface area contributed by atoms with E-state index in [1.165, 1.54) is 0 Å². The summed E-state index contributed by atoms with van der Waals surface area (Å²) in [6.45, 7) is 6.41. The van der Waals surface area contributed by atoms with E-state index in [1.54, 1.807) is 23.1 Å². The Kier molecular flexibility index (Phi) is 6.98. The fraction of sp³-hybridized carbons (Fsp3) is 0.579. The second kappa shape index (κ2) is 9.24. The van der Waals surface area contributed by atoms with Crippen LogP contribution in [-0.4, -0.2) is 73.1 Å². The average molecular weight is 414 g/mol. The topological polar surface area (TPSA) is 61.9 Å². The summed E-state index contributed by atoms with van der Waals surface area (Å²) in [5.74, 6) is -0.313. The van der Waals surface area contributed by atoms with Crippen molar-refractivity contribution in [3.8, 4) is 0 Å². The minimum atomic E-state index is -0.452. The second-order valence-corrected chi connectivity index (χ2v) is 7.93. The number of nitrogens with zero attached hydrogens (tertiary/aromatic N) is 2.